The predicted molar refractivity (Wildman–Crippen MR) is 93.5 cm³/mol. The SMILES string of the molecule is Cc1cc(Br)ccc1C(N)Cc1cccc2ccccc12. The summed E-state index contributed by atoms with van der Waals surface area (Å²) in [6, 6.07) is 21.2. The van der Waals surface area contributed by atoms with E-state index in [-0.39, 0.29) is 6.04 Å². The van der Waals surface area contributed by atoms with E-state index in [1.807, 2.05) is 0 Å². The molecule has 0 bridgehead atoms. The van der Waals surface area contributed by atoms with Crippen LogP contribution in [0.4, 0.5) is 0 Å². The Hall–Kier alpha value is -1.64. The minimum absolute atomic E-state index is 0.0175. The fourth-order valence-corrected chi connectivity index (χ4v) is 3.35. The molecule has 0 amide bonds. The summed E-state index contributed by atoms with van der Waals surface area (Å²) < 4.78 is 1.10. The van der Waals surface area contributed by atoms with Crippen LogP contribution in [0.3, 0.4) is 0 Å². The first kappa shape index (κ1) is 14.3. The monoisotopic (exact) mass is 339 g/mol. The smallest absolute Gasteiger partial charge is 0.0338 e. The first-order chi connectivity index (χ1) is 10.1. The Kier molecular flexibility index (Phi) is 4.09. The van der Waals surface area contributed by atoms with Gasteiger partial charge >= 0.3 is 0 Å². The van der Waals surface area contributed by atoms with Crippen molar-refractivity contribution in [2.45, 2.75) is 19.4 Å². The van der Waals surface area contributed by atoms with Gasteiger partial charge in [-0.15, -0.1) is 0 Å². The van der Waals surface area contributed by atoms with Gasteiger partial charge < -0.3 is 5.73 Å². The number of benzene rings is 3. The van der Waals surface area contributed by atoms with E-state index in [0.717, 1.165) is 10.9 Å². The van der Waals surface area contributed by atoms with Crippen LogP contribution in [0.1, 0.15) is 22.7 Å². The number of nitrogens with two attached hydrogens (primary N) is 1. The van der Waals surface area contributed by atoms with Gasteiger partial charge in [-0.1, -0.05) is 64.5 Å². The van der Waals surface area contributed by atoms with Gasteiger partial charge in [0.25, 0.3) is 0 Å². The van der Waals surface area contributed by atoms with Crippen LogP contribution >= 0.6 is 15.9 Å². The quantitative estimate of drug-likeness (QED) is 0.701. The molecular weight excluding hydrogens is 322 g/mol. The number of hydrogen-bond donors (Lipinski definition) is 1. The number of hydrogen-bond acceptors (Lipinski definition) is 1. The summed E-state index contributed by atoms with van der Waals surface area (Å²) in [5, 5.41) is 2.57. The van der Waals surface area contributed by atoms with E-state index >= 15 is 0 Å². The van der Waals surface area contributed by atoms with E-state index in [0.29, 0.717) is 0 Å². The molecule has 0 aliphatic heterocycles. The highest BCUT2D eigenvalue weighted by atomic mass is 79.9. The van der Waals surface area contributed by atoms with Crippen molar-refractivity contribution in [3.63, 3.8) is 0 Å². The lowest BCUT2D eigenvalue weighted by Crippen LogP contribution is -2.14. The van der Waals surface area contributed by atoms with Crippen molar-refractivity contribution >= 4 is 26.7 Å². The summed E-state index contributed by atoms with van der Waals surface area (Å²) in [6.45, 7) is 2.11. The zero-order valence-corrected chi connectivity index (χ0v) is 13.6. The summed E-state index contributed by atoms with van der Waals surface area (Å²) in [7, 11) is 0. The first-order valence-electron chi connectivity index (χ1n) is 7.13. The molecular formula is C19H18BrN. The fraction of sp³-hybridized carbons (Fsp3) is 0.158. The molecule has 3 rings (SSSR count). The maximum atomic E-state index is 6.45. The molecule has 0 aliphatic carbocycles. The van der Waals surface area contributed by atoms with Gasteiger partial charge in [0.15, 0.2) is 0 Å². The second-order valence-corrected chi connectivity index (χ2v) is 6.37. The van der Waals surface area contributed by atoms with E-state index in [1.165, 1.54) is 27.5 Å². The molecule has 0 saturated heterocycles. The lowest BCUT2D eigenvalue weighted by molar-refractivity contribution is 0.720. The van der Waals surface area contributed by atoms with E-state index in [4.69, 9.17) is 5.73 Å². The minimum atomic E-state index is 0.0175. The van der Waals surface area contributed by atoms with Crippen LogP contribution in [0, 0.1) is 6.92 Å². The Morgan fingerprint density at radius 1 is 1.00 bits per heavy atom. The normalized spacial score (nSPS) is 12.5. The summed E-state index contributed by atoms with van der Waals surface area (Å²) in [4.78, 5) is 0. The molecule has 2 N–H and O–H groups in total. The van der Waals surface area contributed by atoms with Crippen LogP contribution in [-0.4, -0.2) is 0 Å². The van der Waals surface area contributed by atoms with E-state index < -0.39 is 0 Å². The Labute approximate surface area is 133 Å². The molecule has 0 aromatic heterocycles. The first-order valence-corrected chi connectivity index (χ1v) is 7.93. The minimum Gasteiger partial charge on any atom is -0.324 e. The summed E-state index contributed by atoms with van der Waals surface area (Å²) in [5.74, 6) is 0. The predicted octanol–water partition coefficient (Wildman–Crippen LogP) is 5.15. The topological polar surface area (TPSA) is 26.0 Å². The number of fused-ring (bicyclic) bond motifs is 1. The van der Waals surface area contributed by atoms with Gasteiger partial charge in [-0.25, -0.2) is 0 Å². The van der Waals surface area contributed by atoms with Crippen LogP contribution in [-0.2, 0) is 6.42 Å². The van der Waals surface area contributed by atoms with Crippen molar-refractivity contribution in [3.05, 3.63) is 81.8 Å². The Morgan fingerprint density at radius 2 is 1.76 bits per heavy atom. The highest BCUT2D eigenvalue weighted by molar-refractivity contribution is 9.10. The lowest BCUT2D eigenvalue weighted by atomic mass is 9.93. The van der Waals surface area contributed by atoms with Crippen molar-refractivity contribution < 1.29 is 0 Å². The molecule has 21 heavy (non-hydrogen) atoms. The van der Waals surface area contributed by atoms with Gasteiger partial charge in [0.05, 0.1) is 0 Å². The Morgan fingerprint density at radius 3 is 2.57 bits per heavy atom. The summed E-state index contributed by atoms with van der Waals surface area (Å²) in [5.41, 5.74) is 10.2. The largest absolute Gasteiger partial charge is 0.324 e. The molecule has 3 aromatic carbocycles. The average Bonchev–Trinajstić information content (AvgIpc) is 2.47. The van der Waals surface area contributed by atoms with E-state index in [2.05, 4.69) is 83.5 Å². The maximum Gasteiger partial charge on any atom is 0.0338 e. The molecule has 1 atom stereocenters. The lowest BCUT2D eigenvalue weighted by Gasteiger charge is -2.16. The zero-order valence-electron chi connectivity index (χ0n) is 12.0. The molecule has 1 unspecified atom stereocenters. The van der Waals surface area contributed by atoms with E-state index in [1.54, 1.807) is 0 Å². The van der Waals surface area contributed by atoms with Crippen LogP contribution in [0.25, 0.3) is 10.8 Å². The zero-order chi connectivity index (χ0) is 14.8. The molecule has 2 heteroatoms. The van der Waals surface area contributed by atoms with Gasteiger partial charge in [0.1, 0.15) is 0 Å². The standard InChI is InChI=1S/C19H18BrN/c1-13-11-16(20)9-10-17(13)19(21)12-15-7-4-6-14-5-2-3-8-18(14)15/h2-11,19H,12,21H2,1H3. The average molecular weight is 340 g/mol. The molecule has 0 saturated carbocycles. The van der Waals surface area contributed by atoms with Crippen LogP contribution in [0.5, 0.6) is 0 Å². The molecule has 0 fully saturated rings. The highest BCUT2D eigenvalue weighted by Gasteiger charge is 2.11. The van der Waals surface area contributed by atoms with Gasteiger partial charge in [-0.05, 0) is 52.9 Å². The molecule has 3 aromatic rings. The maximum absolute atomic E-state index is 6.45. The third kappa shape index (κ3) is 3.02. The van der Waals surface area contributed by atoms with Crippen molar-refractivity contribution in [1.82, 2.24) is 0 Å². The number of halogens is 1. The van der Waals surface area contributed by atoms with Gasteiger partial charge in [-0.2, -0.15) is 0 Å². The number of aryl methyl sites for hydroxylation is 1. The third-order valence-electron chi connectivity index (χ3n) is 3.95. The Balaban J connectivity index is 1.94. The molecule has 0 spiro atoms. The van der Waals surface area contributed by atoms with Crippen molar-refractivity contribution in [2.75, 3.05) is 0 Å². The molecule has 1 nitrogen and oxygen atoms in total. The molecule has 0 aliphatic rings. The van der Waals surface area contributed by atoms with Crippen LogP contribution in [0.15, 0.2) is 65.1 Å². The summed E-state index contributed by atoms with van der Waals surface area (Å²) >= 11 is 3.50. The highest BCUT2D eigenvalue weighted by Crippen LogP contribution is 2.26. The van der Waals surface area contributed by atoms with Crippen LogP contribution < -0.4 is 5.73 Å². The second kappa shape index (κ2) is 6.00. The van der Waals surface area contributed by atoms with Crippen molar-refractivity contribution in [1.29, 1.82) is 0 Å². The molecule has 0 heterocycles. The van der Waals surface area contributed by atoms with Gasteiger partial charge in [0, 0.05) is 10.5 Å². The second-order valence-electron chi connectivity index (χ2n) is 5.45. The van der Waals surface area contributed by atoms with Gasteiger partial charge in [0.2, 0.25) is 0 Å². The Bertz CT molecular complexity index is 774. The van der Waals surface area contributed by atoms with E-state index in [9.17, 15) is 0 Å². The molecule has 106 valence electrons. The van der Waals surface area contributed by atoms with Gasteiger partial charge in [-0.3, -0.25) is 0 Å². The third-order valence-corrected chi connectivity index (χ3v) is 4.44. The van der Waals surface area contributed by atoms with Crippen molar-refractivity contribution in [3.8, 4) is 0 Å². The number of rotatable bonds is 3. The molecule has 0 radical (unpaired) electrons. The summed E-state index contributed by atoms with van der Waals surface area (Å²) in [6.07, 6.45) is 0.851. The van der Waals surface area contributed by atoms with Crippen LogP contribution in [0.2, 0.25) is 0 Å². The fourth-order valence-electron chi connectivity index (χ4n) is 2.87. The van der Waals surface area contributed by atoms with Crippen molar-refractivity contribution in [2.24, 2.45) is 5.73 Å².